The molecule has 1 aromatic rings. The lowest BCUT2D eigenvalue weighted by Gasteiger charge is -2.31. The van der Waals surface area contributed by atoms with Gasteiger partial charge < -0.3 is 20.2 Å². The van der Waals surface area contributed by atoms with Gasteiger partial charge in [0, 0.05) is 26.1 Å². The summed E-state index contributed by atoms with van der Waals surface area (Å²) in [6.07, 6.45) is 2.88. The van der Waals surface area contributed by atoms with Gasteiger partial charge in [0.1, 0.15) is 6.04 Å². The van der Waals surface area contributed by atoms with Crippen molar-refractivity contribution in [1.29, 1.82) is 0 Å². The largest absolute Gasteiger partial charge is 0.396 e. The number of rotatable bonds is 6. The van der Waals surface area contributed by atoms with Crippen LogP contribution in [0.4, 0.5) is 4.79 Å². The molecule has 0 radical (unpaired) electrons. The molecule has 7 nitrogen and oxygen atoms in total. The number of hydrogen-bond acceptors (Lipinski definition) is 4. The normalized spacial score (nSPS) is 22.1. The number of hydrogen-bond donors (Lipinski definition) is 2. The van der Waals surface area contributed by atoms with Gasteiger partial charge in [-0.1, -0.05) is 30.3 Å². The van der Waals surface area contributed by atoms with Crippen LogP contribution < -0.4 is 5.32 Å². The van der Waals surface area contributed by atoms with Gasteiger partial charge in [0.2, 0.25) is 5.91 Å². The Balaban J connectivity index is 1.62. The van der Waals surface area contributed by atoms with Crippen molar-refractivity contribution in [3.8, 4) is 0 Å². The minimum absolute atomic E-state index is 0.0698. The predicted molar refractivity (Wildman–Crippen MR) is 99.9 cm³/mol. The molecule has 2 aliphatic heterocycles. The first-order valence-corrected chi connectivity index (χ1v) is 9.64. The summed E-state index contributed by atoms with van der Waals surface area (Å²) in [6, 6.07) is 8.42. The first kappa shape index (κ1) is 19.4. The van der Waals surface area contributed by atoms with Crippen molar-refractivity contribution in [2.45, 2.75) is 50.7 Å². The van der Waals surface area contributed by atoms with E-state index in [0.717, 1.165) is 18.4 Å². The smallest absolute Gasteiger partial charge is 0.318 e. The molecule has 27 heavy (non-hydrogen) atoms. The van der Waals surface area contributed by atoms with Gasteiger partial charge in [-0.2, -0.15) is 0 Å². The third kappa shape index (κ3) is 4.47. The highest BCUT2D eigenvalue weighted by Gasteiger charge is 2.41. The van der Waals surface area contributed by atoms with Gasteiger partial charge in [0.15, 0.2) is 5.78 Å². The minimum atomic E-state index is -0.511. The molecule has 2 heterocycles. The van der Waals surface area contributed by atoms with Crippen LogP contribution in [0.15, 0.2) is 30.3 Å². The van der Waals surface area contributed by atoms with Crippen LogP contribution in [0, 0.1) is 0 Å². The summed E-state index contributed by atoms with van der Waals surface area (Å²) in [5.74, 6) is -0.238. The lowest BCUT2D eigenvalue weighted by Crippen LogP contribution is -2.52. The molecule has 2 N–H and O–H groups in total. The van der Waals surface area contributed by atoms with E-state index in [2.05, 4.69) is 5.32 Å². The van der Waals surface area contributed by atoms with Crippen LogP contribution in [0.3, 0.4) is 0 Å². The first-order valence-electron chi connectivity index (χ1n) is 9.64. The summed E-state index contributed by atoms with van der Waals surface area (Å²) in [4.78, 5) is 41.1. The number of nitrogens with one attached hydrogen (secondary N) is 1. The Morgan fingerprint density at radius 1 is 1.00 bits per heavy atom. The van der Waals surface area contributed by atoms with Crippen LogP contribution in [-0.2, 0) is 16.1 Å². The van der Waals surface area contributed by atoms with Crippen molar-refractivity contribution >= 4 is 17.7 Å². The van der Waals surface area contributed by atoms with Crippen molar-refractivity contribution < 1.29 is 19.5 Å². The van der Waals surface area contributed by atoms with Crippen molar-refractivity contribution in [2.24, 2.45) is 0 Å². The lowest BCUT2D eigenvalue weighted by molar-refractivity contribution is -0.140. The van der Waals surface area contributed by atoms with E-state index in [4.69, 9.17) is 5.11 Å². The maximum atomic E-state index is 13.0. The molecule has 0 aromatic heterocycles. The first-order chi connectivity index (χ1) is 13.1. The summed E-state index contributed by atoms with van der Waals surface area (Å²) < 4.78 is 0. The van der Waals surface area contributed by atoms with Crippen LogP contribution >= 0.6 is 0 Å². The summed E-state index contributed by atoms with van der Waals surface area (Å²) in [5.41, 5.74) is 1.00. The molecule has 0 unspecified atom stereocenters. The van der Waals surface area contributed by atoms with Crippen LogP contribution in [0.25, 0.3) is 0 Å². The fourth-order valence-corrected chi connectivity index (χ4v) is 3.98. The quantitative estimate of drug-likeness (QED) is 0.787. The van der Waals surface area contributed by atoms with Crippen molar-refractivity contribution in [3.63, 3.8) is 0 Å². The Labute approximate surface area is 159 Å². The van der Waals surface area contributed by atoms with Crippen LogP contribution in [0.2, 0.25) is 0 Å². The monoisotopic (exact) mass is 373 g/mol. The van der Waals surface area contributed by atoms with Crippen LogP contribution in [0.5, 0.6) is 0 Å². The number of likely N-dealkylation sites (tertiary alicyclic amines) is 2. The molecule has 7 heteroatoms. The lowest BCUT2D eigenvalue weighted by atomic mass is 10.1. The zero-order valence-electron chi connectivity index (χ0n) is 15.5. The highest BCUT2D eigenvalue weighted by Crippen LogP contribution is 2.25. The highest BCUT2D eigenvalue weighted by atomic mass is 16.3. The van der Waals surface area contributed by atoms with E-state index in [0.29, 0.717) is 32.5 Å². The molecule has 2 atom stereocenters. The average molecular weight is 373 g/mol. The number of carbonyl (C=O) groups excluding carboxylic acids is 3. The number of aliphatic hydroxyl groups excluding tert-OH is 1. The van der Waals surface area contributed by atoms with E-state index in [1.54, 1.807) is 9.80 Å². The second kappa shape index (κ2) is 8.99. The summed E-state index contributed by atoms with van der Waals surface area (Å²) in [7, 11) is 0. The Hall–Kier alpha value is -2.41. The zero-order chi connectivity index (χ0) is 19.2. The van der Waals surface area contributed by atoms with E-state index in [-0.39, 0.29) is 30.7 Å². The molecule has 0 aliphatic carbocycles. The molecule has 2 fully saturated rings. The van der Waals surface area contributed by atoms with Crippen molar-refractivity contribution in [1.82, 2.24) is 15.1 Å². The molecule has 3 rings (SSSR count). The van der Waals surface area contributed by atoms with E-state index in [1.165, 1.54) is 0 Å². The zero-order valence-corrected chi connectivity index (χ0v) is 15.5. The molecule has 2 aliphatic rings. The van der Waals surface area contributed by atoms with Gasteiger partial charge in [0.05, 0.1) is 12.6 Å². The fourth-order valence-electron chi connectivity index (χ4n) is 3.98. The third-order valence-electron chi connectivity index (χ3n) is 5.35. The van der Waals surface area contributed by atoms with Crippen molar-refractivity contribution in [2.75, 3.05) is 19.7 Å². The Morgan fingerprint density at radius 2 is 1.67 bits per heavy atom. The number of Topliss-reactive ketones (excluding diaryl/α,β-unsaturated/α-hetero) is 1. The highest BCUT2D eigenvalue weighted by molar-refractivity contribution is 5.93. The molecule has 1 aromatic carbocycles. The molecule has 0 spiro atoms. The summed E-state index contributed by atoms with van der Waals surface area (Å²) in [5, 5.41) is 11.9. The SMILES string of the molecule is O=C(CCO)[C@@H]1CCCN1C(=O)[C@@H]1CCCN1C(=O)NCc1ccccc1. The molecule has 0 saturated carbocycles. The second-order valence-electron chi connectivity index (χ2n) is 7.13. The molecule has 3 amide bonds. The number of nitrogens with zero attached hydrogens (tertiary/aromatic N) is 2. The number of aliphatic hydroxyl groups is 1. The van der Waals surface area contributed by atoms with E-state index >= 15 is 0 Å². The topological polar surface area (TPSA) is 90.0 Å². The fraction of sp³-hybridized carbons (Fsp3) is 0.550. The van der Waals surface area contributed by atoms with Crippen LogP contribution in [-0.4, -0.2) is 64.4 Å². The van der Waals surface area contributed by atoms with Gasteiger partial charge >= 0.3 is 6.03 Å². The summed E-state index contributed by atoms with van der Waals surface area (Å²) in [6.45, 7) is 1.30. The van der Waals surface area contributed by atoms with E-state index in [9.17, 15) is 14.4 Å². The van der Waals surface area contributed by atoms with E-state index < -0.39 is 12.1 Å². The van der Waals surface area contributed by atoms with Gasteiger partial charge in [-0.25, -0.2) is 4.79 Å². The van der Waals surface area contributed by atoms with Gasteiger partial charge in [-0.15, -0.1) is 0 Å². The standard InChI is InChI=1S/C20H27N3O4/c24-13-10-18(25)16-8-4-11-22(16)19(26)17-9-5-12-23(17)20(27)21-14-15-6-2-1-3-7-15/h1-3,6-7,16-17,24H,4-5,8-14H2,(H,21,27)/t16-,17-/m0/s1. The number of ketones is 1. The predicted octanol–water partition coefficient (Wildman–Crippen LogP) is 1.30. The van der Waals surface area contributed by atoms with Crippen LogP contribution in [0.1, 0.15) is 37.7 Å². The maximum absolute atomic E-state index is 13.0. The molecule has 146 valence electrons. The minimum Gasteiger partial charge on any atom is -0.396 e. The number of urea groups is 1. The van der Waals surface area contributed by atoms with Gasteiger partial charge in [0.25, 0.3) is 0 Å². The Bertz CT molecular complexity index is 679. The second-order valence-corrected chi connectivity index (χ2v) is 7.13. The third-order valence-corrected chi connectivity index (χ3v) is 5.35. The van der Waals surface area contributed by atoms with Gasteiger partial charge in [-0.05, 0) is 31.2 Å². The van der Waals surface area contributed by atoms with Crippen molar-refractivity contribution in [3.05, 3.63) is 35.9 Å². The summed E-state index contributed by atoms with van der Waals surface area (Å²) >= 11 is 0. The van der Waals surface area contributed by atoms with E-state index in [1.807, 2.05) is 30.3 Å². The molecular formula is C20H27N3O4. The number of carbonyl (C=O) groups is 3. The molecule has 0 bridgehead atoms. The number of amides is 3. The molecule has 2 saturated heterocycles. The van der Waals surface area contributed by atoms with Gasteiger partial charge in [-0.3, -0.25) is 9.59 Å². The Kier molecular flexibility index (Phi) is 6.45. The average Bonchev–Trinajstić information content (AvgIpc) is 3.36. The Morgan fingerprint density at radius 3 is 2.37 bits per heavy atom. The molecular weight excluding hydrogens is 346 g/mol. The maximum Gasteiger partial charge on any atom is 0.318 e. The number of benzene rings is 1.